The molecule has 0 aliphatic carbocycles. The summed E-state index contributed by atoms with van der Waals surface area (Å²) in [6.45, 7) is 9.90. The van der Waals surface area contributed by atoms with E-state index < -0.39 is 30.0 Å². The molecule has 0 bridgehead atoms. The molecular weight excluding hydrogens is 351 g/mol. The molecule has 0 aliphatic heterocycles. The molecule has 0 N–H and O–H groups in total. The first kappa shape index (κ1) is 23.1. The van der Waals surface area contributed by atoms with Crippen LogP contribution in [0.3, 0.4) is 0 Å². The molecule has 0 aromatic rings. The molecule has 0 fully saturated rings. The fourth-order valence-corrected chi connectivity index (χ4v) is 2.74. The van der Waals surface area contributed by atoms with Gasteiger partial charge in [0, 0.05) is 0 Å². The summed E-state index contributed by atoms with van der Waals surface area (Å²) >= 11 is -0.876. The standard InChI is InChI=1S/C7H10O3.2C4H9O.Zr/c1-4(8)7(5(2)9)6(3)10;2*1-2-3-4-5;/h7H,1-3H3;2*2-4H2,1H3;/q;2*-1;+2. The van der Waals surface area contributed by atoms with E-state index in [4.69, 9.17) is 5.63 Å². The van der Waals surface area contributed by atoms with E-state index in [-0.39, 0.29) is 17.3 Å². The van der Waals surface area contributed by atoms with Crippen LogP contribution in [0.5, 0.6) is 0 Å². The second-order valence-electron chi connectivity index (χ2n) is 4.75. The van der Waals surface area contributed by atoms with E-state index in [0.717, 1.165) is 13.2 Å². The quantitative estimate of drug-likeness (QED) is 0.408. The second-order valence-corrected chi connectivity index (χ2v) is 6.58. The van der Waals surface area contributed by atoms with Crippen molar-refractivity contribution in [1.29, 1.82) is 0 Å². The van der Waals surface area contributed by atoms with Gasteiger partial charge in [-0.2, -0.15) is 0 Å². The number of ketones is 3. The van der Waals surface area contributed by atoms with Gasteiger partial charge in [0.25, 0.3) is 0 Å². The zero-order chi connectivity index (χ0) is 16.7. The van der Waals surface area contributed by atoms with Crippen LogP contribution in [0, 0.1) is 5.92 Å². The Morgan fingerprint density at radius 2 is 1.14 bits per heavy atom. The van der Waals surface area contributed by atoms with Crippen molar-refractivity contribution in [2.75, 3.05) is 13.2 Å². The van der Waals surface area contributed by atoms with E-state index in [1.165, 1.54) is 46.5 Å². The maximum atomic E-state index is 10.6. The number of unbranched alkanes of at least 4 members (excludes halogenated alkanes) is 2. The van der Waals surface area contributed by atoms with Crippen LogP contribution >= 0.6 is 0 Å². The predicted octanol–water partition coefficient (Wildman–Crippen LogP) is 2.90. The van der Waals surface area contributed by atoms with Gasteiger partial charge >= 0.3 is 82.5 Å². The number of hydrogen-bond acceptors (Lipinski definition) is 5. The van der Waals surface area contributed by atoms with E-state index in [2.05, 4.69) is 13.8 Å². The third kappa shape index (κ3) is 16.0. The van der Waals surface area contributed by atoms with Crippen LogP contribution in [0.2, 0.25) is 0 Å². The minimum atomic E-state index is -1.03. The van der Waals surface area contributed by atoms with Crippen molar-refractivity contribution in [2.45, 2.75) is 60.3 Å². The molecule has 0 unspecified atom stereocenters. The van der Waals surface area contributed by atoms with Gasteiger partial charge in [0.15, 0.2) is 0 Å². The van der Waals surface area contributed by atoms with E-state index in [1.807, 2.05) is 0 Å². The number of carbonyl (C=O) groups excluding carboxylic acids is 3. The van der Waals surface area contributed by atoms with E-state index in [1.54, 1.807) is 0 Å². The topological polar surface area (TPSA) is 69.7 Å². The predicted molar refractivity (Wildman–Crippen MR) is 77.3 cm³/mol. The Balaban J connectivity index is 0. The Labute approximate surface area is 141 Å². The van der Waals surface area contributed by atoms with Gasteiger partial charge in [-0.05, 0) is 20.8 Å². The van der Waals surface area contributed by atoms with Gasteiger partial charge in [-0.3, -0.25) is 14.4 Å². The number of hydrogen-bond donors (Lipinski definition) is 0. The Kier molecular flexibility index (Phi) is 17.8. The molecule has 6 heteroatoms. The van der Waals surface area contributed by atoms with Crippen molar-refractivity contribution < 1.29 is 44.1 Å². The summed E-state index contributed by atoms with van der Waals surface area (Å²) in [7, 11) is 0. The zero-order valence-electron chi connectivity index (χ0n) is 13.9. The van der Waals surface area contributed by atoms with Crippen molar-refractivity contribution in [2.24, 2.45) is 5.92 Å². The number of carbonyl (C=O) groups is 3. The van der Waals surface area contributed by atoms with Crippen molar-refractivity contribution in [3.05, 3.63) is 0 Å². The molecule has 0 rings (SSSR count). The molecule has 0 amide bonds. The second kappa shape index (κ2) is 16.2. The Morgan fingerprint density at radius 3 is 1.33 bits per heavy atom. The van der Waals surface area contributed by atoms with Gasteiger partial charge in [-0.15, -0.1) is 0 Å². The van der Waals surface area contributed by atoms with Crippen LogP contribution in [0.1, 0.15) is 60.3 Å². The maximum absolute atomic E-state index is 10.6. The summed E-state index contributed by atoms with van der Waals surface area (Å²) in [5.41, 5.74) is 0. The molecule has 0 saturated heterocycles. The Bertz CT molecular complexity index is 263. The molecule has 122 valence electrons. The normalized spacial score (nSPS) is 9.81. The van der Waals surface area contributed by atoms with Gasteiger partial charge in [0.05, 0.1) is 0 Å². The van der Waals surface area contributed by atoms with Crippen LogP contribution in [0.25, 0.3) is 0 Å². The first-order valence-corrected chi connectivity index (χ1v) is 9.39. The fraction of sp³-hybridized carbons (Fsp3) is 0.800. The van der Waals surface area contributed by atoms with Crippen LogP contribution in [-0.4, -0.2) is 30.6 Å². The van der Waals surface area contributed by atoms with Crippen molar-refractivity contribution in [3.8, 4) is 0 Å². The molecule has 0 radical (unpaired) electrons. The Morgan fingerprint density at radius 1 is 0.810 bits per heavy atom. The van der Waals surface area contributed by atoms with E-state index in [0.29, 0.717) is 0 Å². The summed E-state index contributed by atoms with van der Waals surface area (Å²) in [6.07, 6.45) is 4.79. The van der Waals surface area contributed by atoms with Crippen LogP contribution in [-0.2, 0) is 44.1 Å². The van der Waals surface area contributed by atoms with Crippen LogP contribution in [0.4, 0.5) is 0 Å². The van der Waals surface area contributed by atoms with Gasteiger partial charge in [0.1, 0.15) is 23.3 Å². The monoisotopic (exact) mass is 378 g/mol. The average Bonchev–Trinajstić information content (AvgIpc) is 2.37. The zero-order valence-corrected chi connectivity index (χ0v) is 16.3. The average molecular weight is 380 g/mol. The molecule has 0 spiro atoms. The molecule has 21 heavy (non-hydrogen) atoms. The first-order valence-electron chi connectivity index (χ1n) is 7.38. The number of rotatable bonds is 11. The van der Waals surface area contributed by atoms with E-state index >= 15 is 0 Å². The summed E-state index contributed by atoms with van der Waals surface area (Å²) in [6, 6.07) is 0. The molecular formula is C15H28O5Zr. The SMILES string of the molecule is CC(=O)C(C(C)=O)C(C)=O.CCCC[O][Zr][O]CCCC. The molecule has 0 aromatic carbocycles. The summed E-state index contributed by atoms with van der Waals surface area (Å²) in [5, 5.41) is 0. The van der Waals surface area contributed by atoms with Gasteiger partial charge in [0.2, 0.25) is 0 Å². The Hall–Kier alpha value is -0.187. The summed E-state index contributed by atoms with van der Waals surface area (Å²) in [4.78, 5) is 31.8. The summed E-state index contributed by atoms with van der Waals surface area (Å²) < 4.78 is 10.7. The summed E-state index contributed by atoms with van der Waals surface area (Å²) in [5.74, 6) is -2.15. The molecule has 0 heterocycles. The minimum absolute atomic E-state index is 0.375. The van der Waals surface area contributed by atoms with Crippen molar-refractivity contribution in [1.82, 2.24) is 0 Å². The van der Waals surface area contributed by atoms with Gasteiger partial charge in [-0.1, -0.05) is 0 Å². The molecule has 0 aromatic heterocycles. The van der Waals surface area contributed by atoms with Gasteiger partial charge < -0.3 is 0 Å². The third-order valence-corrected chi connectivity index (χ3v) is 4.12. The van der Waals surface area contributed by atoms with Crippen molar-refractivity contribution >= 4 is 17.3 Å². The molecule has 0 saturated carbocycles. The van der Waals surface area contributed by atoms with Crippen molar-refractivity contribution in [3.63, 3.8) is 0 Å². The molecule has 0 atom stereocenters. The fourth-order valence-electron chi connectivity index (χ4n) is 1.42. The van der Waals surface area contributed by atoms with Crippen LogP contribution < -0.4 is 0 Å². The van der Waals surface area contributed by atoms with E-state index in [9.17, 15) is 14.4 Å². The van der Waals surface area contributed by atoms with Crippen LogP contribution in [0.15, 0.2) is 0 Å². The first-order chi connectivity index (χ1) is 9.88. The molecule has 5 nitrogen and oxygen atoms in total. The molecule has 0 aliphatic rings. The third-order valence-electron chi connectivity index (χ3n) is 2.54. The van der Waals surface area contributed by atoms with Gasteiger partial charge in [-0.25, -0.2) is 0 Å². The number of Topliss-reactive ketones (excluding diaryl/α,β-unsaturated/α-hetero) is 3.